The Bertz CT molecular complexity index is 969. The molecule has 3 aromatic rings. The first-order valence-corrected chi connectivity index (χ1v) is 9.86. The maximum absolute atomic E-state index is 12.4. The fraction of sp³-hybridized carbons (Fsp3) is 0.190. The standard InChI is InChI=1S/C21H21N3O2S/c1-15(16-8-10-18(27-2)11-9-16)22-20(25)14-24-21(26)13-12-19(23-24)17-6-4-3-5-7-17/h3-13,15H,14H2,1-2H3,(H,22,25). The number of hydrogen-bond acceptors (Lipinski definition) is 4. The molecular formula is C21H21N3O2S. The molecule has 0 radical (unpaired) electrons. The van der Waals surface area contributed by atoms with Crippen molar-refractivity contribution >= 4 is 17.7 Å². The van der Waals surface area contributed by atoms with Crippen molar-refractivity contribution in [3.05, 3.63) is 82.6 Å². The van der Waals surface area contributed by atoms with Crippen LogP contribution in [-0.4, -0.2) is 21.9 Å². The maximum Gasteiger partial charge on any atom is 0.267 e. The van der Waals surface area contributed by atoms with Crippen molar-refractivity contribution < 1.29 is 4.79 Å². The van der Waals surface area contributed by atoms with Gasteiger partial charge in [0.15, 0.2) is 0 Å². The van der Waals surface area contributed by atoms with E-state index in [1.165, 1.54) is 15.6 Å². The number of carbonyl (C=O) groups excluding carboxylic acids is 1. The minimum Gasteiger partial charge on any atom is -0.348 e. The Labute approximate surface area is 162 Å². The topological polar surface area (TPSA) is 64.0 Å². The molecule has 5 nitrogen and oxygen atoms in total. The van der Waals surface area contributed by atoms with Crippen molar-refractivity contribution in [1.82, 2.24) is 15.1 Å². The minimum absolute atomic E-state index is 0.118. The molecule has 138 valence electrons. The first kappa shape index (κ1) is 18.9. The van der Waals surface area contributed by atoms with Gasteiger partial charge in [0.1, 0.15) is 6.54 Å². The highest BCUT2D eigenvalue weighted by Crippen LogP contribution is 2.19. The Hall–Kier alpha value is -2.86. The molecule has 0 aliphatic heterocycles. The molecule has 2 aromatic carbocycles. The highest BCUT2D eigenvalue weighted by molar-refractivity contribution is 7.98. The van der Waals surface area contributed by atoms with E-state index >= 15 is 0 Å². The minimum atomic E-state index is -0.304. The van der Waals surface area contributed by atoms with E-state index < -0.39 is 0 Å². The zero-order valence-corrected chi connectivity index (χ0v) is 16.1. The maximum atomic E-state index is 12.4. The summed E-state index contributed by atoms with van der Waals surface area (Å²) in [7, 11) is 0. The van der Waals surface area contributed by atoms with Gasteiger partial charge in [0.05, 0.1) is 11.7 Å². The Morgan fingerprint density at radius 1 is 1.07 bits per heavy atom. The van der Waals surface area contributed by atoms with Gasteiger partial charge < -0.3 is 5.32 Å². The summed E-state index contributed by atoms with van der Waals surface area (Å²) < 4.78 is 1.20. The quantitative estimate of drug-likeness (QED) is 0.666. The number of amides is 1. The zero-order chi connectivity index (χ0) is 19.2. The number of carbonyl (C=O) groups is 1. The summed E-state index contributed by atoms with van der Waals surface area (Å²) in [5.41, 5.74) is 2.26. The van der Waals surface area contributed by atoms with Gasteiger partial charge in [-0.25, -0.2) is 4.68 Å². The van der Waals surface area contributed by atoms with Gasteiger partial charge in [-0.05, 0) is 36.9 Å². The lowest BCUT2D eigenvalue weighted by atomic mass is 10.1. The Morgan fingerprint density at radius 2 is 1.78 bits per heavy atom. The van der Waals surface area contributed by atoms with Crippen LogP contribution in [0.5, 0.6) is 0 Å². The SMILES string of the molecule is CSc1ccc(C(C)NC(=O)Cn2nc(-c3ccccc3)ccc2=O)cc1. The molecular weight excluding hydrogens is 358 g/mol. The normalized spacial score (nSPS) is 11.8. The first-order chi connectivity index (χ1) is 13.1. The molecule has 0 saturated carbocycles. The van der Waals surface area contributed by atoms with Crippen LogP contribution in [0.3, 0.4) is 0 Å². The summed E-state index contributed by atoms with van der Waals surface area (Å²) in [4.78, 5) is 25.7. The molecule has 6 heteroatoms. The van der Waals surface area contributed by atoms with Crippen molar-refractivity contribution in [2.45, 2.75) is 24.4 Å². The number of rotatable bonds is 6. The van der Waals surface area contributed by atoms with Crippen LogP contribution < -0.4 is 10.9 Å². The highest BCUT2D eigenvalue weighted by Gasteiger charge is 2.12. The van der Waals surface area contributed by atoms with Crippen LogP contribution in [0.25, 0.3) is 11.3 Å². The zero-order valence-electron chi connectivity index (χ0n) is 15.3. The van der Waals surface area contributed by atoms with E-state index in [-0.39, 0.29) is 24.1 Å². The molecule has 0 aliphatic rings. The van der Waals surface area contributed by atoms with Crippen LogP contribution in [-0.2, 0) is 11.3 Å². The Balaban J connectivity index is 1.70. The number of aromatic nitrogens is 2. The molecule has 1 amide bonds. The predicted molar refractivity (Wildman–Crippen MR) is 109 cm³/mol. The Kier molecular flexibility index (Phi) is 6.08. The summed E-state index contributed by atoms with van der Waals surface area (Å²) in [6.45, 7) is 1.80. The number of nitrogens with one attached hydrogen (secondary N) is 1. The second-order valence-electron chi connectivity index (χ2n) is 6.14. The molecule has 1 atom stereocenters. The largest absolute Gasteiger partial charge is 0.348 e. The second-order valence-corrected chi connectivity index (χ2v) is 7.02. The van der Waals surface area contributed by atoms with E-state index in [1.807, 2.05) is 67.8 Å². The molecule has 0 spiro atoms. The molecule has 1 N–H and O–H groups in total. The molecule has 0 fully saturated rings. The Morgan fingerprint density at radius 3 is 2.44 bits per heavy atom. The van der Waals surface area contributed by atoms with Crippen LogP contribution in [0.15, 0.2) is 76.4 Å². The summed E-state index contributed by atoms with van der Waals surface area (Å²) >= 11 is 1.67. The number of nitrogens with zero attached hydrogens (tertiary/aromatic N) is 2. The van der Waals surface area contributed by atoms with Crippen molar-refractivity contribution in [2.24, 2.45) is 0 Å². The smallest absolute Gasteiger partial charge is 0.267 e. The molecule has 27 heavy (non-hydrogen) atoms. The lowest BCUT2D eigenvalue weighted by Crippen LogP contribution is -2.34. The van der Waals surface area contributed by atoms with Gasteiger partial charge in [-0.2, -0.15) is 5.10 Å². The van der Waals surface area contributed by atoms with Gasteiger partial charge in [0.25, 0.3) is 5.56 Å². The van der Waals surface area contributed by atoms with Gasteiger partial charge in [0.2, 0.25) is 5.91 Å². The second kappa shape index (κ2) is 8.68. The van der Waals surface area contributed by atoms with Crippen molar-refractivity contribution in [3.63, 3.8) is 0 Å². The number of benzene rings is 2. The monoisotopic (exact) mass is 379 g/mol. The fourth-order valence-corrected chi connectivity index (χ4v) is 3.13. The van der Waals surface area contributed by atoms with E-state index in [1.54, 1.807) is 17.8 Å². The van der Waals surface area contributed by atoms with E-state index in [0.717, 1.165) is 11.1 Å². The van der Waals surface area contributed by atoms with Gasteiger partial charge in [-0.15, -0.1) is 11.8 Å². The highest BCUT2D eigenvalue weighted by atomic mass is 32.2. The number of thioether (sulfide) groups is 1. The third-order valence-electron chi connectivity index (χ3n) is 4.22. The lowest BCUT2D eigenvalue weighted by molar-refractivity contribution is -0.122. The van der Waals surface area contributed by atoms with E-state index in [4.69, 9.17) is 0 Å². The molecule has 0 bridgehead atoms. The molecule has 0 aliphatic carbocycles. The summed E-state index contributed by atoms with van der Waals surface area (Å²) in [6.07, 6.45) is 2.02. The van der Waals surface area contributed by atoms with Crippen LogP contribution in [0.1, 0.15) is 18.5 Å². The van der Waals surface area contributed by atoms with Gasteiger partial charge in [0, 0.05) is 16.5 Å². The first-order valence-electron chi connectivity index (χ1n) is 8.64. The fourth-order valence-electron chi connectivity index (χ4n) is 2.72. The molecule has 3 rings (SSSR count). The van der Waals surface area contributed by atoms with E-state index in [0.29, 0.717) is 5.69 Å². The van der Waals surface area contributed by atoms with Crippen molar-refractivity contribution in [2.75, 3.05) is 6.26 Å². The molecule has 1 heterocycles. The average molecular weight is 379 g/mol. The molecule has 0 saturated heterocycles. The van der Waals surface area contributed by atoms with Gasteiger partial charge >= 0.3 is 0 Å². The van der Waals surface area contributed by atoms with Crippen LogP contribution in [0.4, 0.5) is 0 Å². The van der Waals surface area contributed by atoms with Crippen molar-refractivity contribution in [1.29, 1.82) is 0 Å². The summed E-state index contributed by atoms with van der Waals surface area (Å²) in [5, 5.41) is 7.25. The van der Waals surface area contributed by atoms with E-state index in [9.17, 15) is 9.59 Å². The predicted octanol–water partition coefficient (Wildman–Crippen LogP) is 3.51. The van der Waals surface area contributed by atoms with E-state index in [2.05, 4.69) is 10.4 Å². The van der Waals surface area contributed by atoms with Crippen molar-refractivity contribution in [3.8, 4) is 11.3 Å². The van der Waals surface area contributed by atoms with Gasteiger partial charge in [-0.1, -0.05) is 42.5 Å². The van der Waals surface area contributed by atoms with Gasteiger partial charge in [-0.3, -0.25) is 9.59 Å². The number of hydrogen-bond donors (Lipinski definition) is 1. The third kappa shape index (κ3) is 4.86. The summed E-state index contributed by atoms with van der Waals surface area (Å²) in [5.74, 6) is -0.253. The third-order valence-corrected chi connectivity index (χ3v) is 4.97. The van der Waals surface area contributed by atoms with Crippen LogP contribution in [0, 0.1) is 0 Å². The lowest BCUT2D eigenvalue weighted by Gasteiger charge is -2.15. The summed E-state index contributed by atoms with van der Waals surface area (Å²) in [6, 6.07) is 20.6. The van der Waals surface area contributed by atoms with Crippen LogP contribution in [0.2, 0.25) is 0 Å². The van der Waals surface area contributed by atoms with Crippen LogP contribution >= 0.6 is 11.8 Å². The average Bonchev–Trinajstić information content (AvgIpc) is 2.70. The molecule has 1 unspecified atom stereocenters. The molecule has 1 aromatic heterocycles.